The van der Waals surface area contributed by atoms with Gasteiger partial charge in [0.15, 0.2) is 0 Å². The third-order valence-corrected chi connectivity index (χ3v) is 3.27. The minimum absolute atomic E-state index is 0.0135. The van der Waals surface area contributed by atoms with Crippen molar-refractivity contribution in [2.45, 2.75) is 60.5 Å². The zero-order valence-electron chi connectivity index (χ0n) is 13.4. The fourth-order valence-corrected chi connectivity index (χ4v) is 2.32. The second-order valence-electron chi connectivity index (χ2n) is 7.38. The number of aliphatic hydroxyl groups excluding tert-OH is 1. The normalized spacial score (nSPS) is 16.7. The molecular weight excluding hydrogens is 224 g/mol. The number of hydrogen-bond donors (Lipinski definition) is 2. The second kappa shape index (κ2) is 7.46. The van der Waals surface area contributed by atoms with E-state index >= 15 is 0 Å². The Labute approximate surface area is 114 Å². The third kappa shape index (κ3) is 6.17. The molecule has 0 radical (unpaired) electrons. The summed E-state index contributed by atoms with van der Waals surface area (Å²) in [5.74, 6) is 1.18. The van der Waals surface area contributed by atoms with Crippen LogP contribution in [0.25, 0.3) is 0 Å². The Kier molecular flexibility index (Phi) is 7.41. The van der Waals surface area contributed by atoms with Gasteiger partial charge in [0.1, 0.15) is 0 Å². The van der Waals surface area contributed by atoms with E-state index in [0.29, 0.717) is 11.8 Å². The van der Waals surface area contributed by atoms with Gasteiger partial charge in [0.2, 0.25) is 0 Å². The Morgan fingerprint density at radius 3 is 1.61 bits per heavy atom. The molecule has 0 saturated carbocycles. The molecule has 0 amide bonds. The van der Waals surface area contributed by atoms with Gasteiger partial charge in [0, 0.05) is 25.2 Å². The lowest BCUT2D eigenvalue weighted by Crippen LogP contribution is -2.57. The molecule has 110 valence electrons. The molecule has 2 atom stereocenters. The molecule has 0 saturated heterocycles. The van der Waals surface area contributed by atoms with Gasteiger partial charge in [0.25, 0.3) is 0 Å². The summed E-state index contributed by atoms with van der Waals surface area (Å²) >= 11 is 0. The molecule has 0 aromatic heterocycles. The van der Waals surface area contributed by atoms with Crippen LogP contribution >= 0.6 is 0 Å². The summed E-state index contributed by atoms with van der Waals surface area (Å²) in [7, 11) is 0. The highest BCUT2D eigenvalue weighted by atomic mass is 16.3. The van der Waals surface area contributed by atoms with Crippen LogP contribution in [0, 0.1) is 17.3 Å². The highest BCUT2D eigenvalue weighted by molar-refractivity contribution is 4.90. The molecule has 0 bridgehead atoms. The molecule has 0 rings (SSSR count). The lowest BCUT2D eigenvalue weighted by atomic mass is 9.82. The maximum atomic E-state index is 9.73. The van der Waals surface area contributed by atoms with E-state index in [1.165, 1.54) is 0 Å². The van der Waals surface area contributed by atoms with Crippen LogP contribution in [0.15, 0.2) is 0 Å². The first-order valence-electron chi connectivity index (χ1n) is 7.20. The SMILES string of the molecule is CC(C)CN(CC(C)C)C(CO)C(N)C(C)(C)C. The first kappa shape index (κ1) is 17.9. The molecule has 3 N–H and O–H groups in total. The minimum Gasteiger partial charge on any atom is -0.395 e. The predicted octanol–water partition coefficient (Wildman–Crippen LogP) is 2.33. The molecule has 0 fully saturated rings. The van der Waals surface area contributed by atoms with Gasteiger partial charge in [-0.05, 0) is 17.3 Å². The largest absolute Gasteiger partial charge is 0.395 e. The summed E-state index contributed by atoms with van der Waals surface area (Å²) in [6, 6.07) is 0.0369. The Hall–Kier alpha value is -0.120. The van der Waals surface area contributed by atoms with Crippen LogP contribution in [0.3, 0.4) is 0 Å². The number of hydrogen-bond acceptors (Lipinski definition) is 3. The highest BCUT2D eigenvalue weighted by Gasteiger charge is 2.32. The first-order valence-corrected chi connectivity index (χ1v) is 7.20. The smallest absolute Gasteiger partial charge is 0.0602 e. The molecule has 2 unspecified atom stereocenters. The summed E-state index contributed by atoms with van der Waals surface area (Å²) in [6.45, 7) is 17.4. The van der Waals surface area contributed by atoms with Crippen molar-refractivity contribution in [2.75, 3.05) is 19.7 Å². The van der Waals surface area contributed by atoms with E-state index in [-0.39, 0.29) is 24.1 Å². The van der Waals surface area contributed by atoms with Gasteiger partial charge in [-0.3, -0.25) is 4.90 Å². The molecule has 0 aromatic carbocycles. The molecule has 0 heterocycles. The van der Waals surface area contributed by atoms with Crippen LogP contribution in [0.4, 0.5) is 0 Å². The number of nitrogens with zero attached hydrogens (tertiary/aromatic N) is 1. The van der Waals surface area contributed by atoms with Crippen molar-refractivity contribution in [3.8, 4) is 0 Å². The molecule has 3 heteroatoms. The molecule has 0 aliphatic heterocycles. The van der Waals surface area contributed by atoms with E-state index < -0.39 is 0 Å². The fourth-order valence-electron chi connectivity index (χ4n) is 2.32. The average molecular weight is 258 g/mol. The maximum Gasteiger partial charge on any atom is 0.0602 e. The van der Waals surface area contributed by atoms with Gasteiger partial charge < -0.3 is 10.8 Å². The Morgan fingerprint density at radius 2 is 1.39 bits per heavy atom. The van der Waals surface area contributed by atoms with Crippen molar-refractivity contribution in [1.29, 1.82) is 0 Å². The molecule has 18 heavy (non-hydrogen) atoms. The zero-order valence-corrected chi connectivity index (χ0v) is 13.4. The van der Waals surface area contributed by atoms with Crippen molar-refractivity contribution in [3.63, 3.8) is 0 Å². The lowest BCUT2D eigenvalue weighted by Gasteiger charge is -2.41. The van der Waals surface area contributed by atoms with E-state index in [2.05, 4.69) is 53.4 Å². The monoisotopic (exact) mass is 258 g/mol. The van der Waals surface area contributed by atoms with Gasteiger partial charge >= 0.3 is 0 Å². The van der Waals surface area contributed by atoms with E-state index in [9.17, 15) is 5.11 Å². The zero-order chi connectivity index (χ0) is 14.5. The van der Waals surface area contributed by atoms with Gasteiger partial charge in [-0.25, -0.2) is 0 Å². The third-order valence-electron chi connectivity index (χ3n) is 3.27. The summed E-state index contributed by atoms with van der Waals surface area (Å²) in [5.41, 5.74) is 6.37. The Balaban J connectivity index is 4.90. The Morgan fingerprint density at radius 1 is 1.00 bits per heavy atom. The van der Waals surface area contributed by atoms with Gasteiger partial charge in [-0.2, -0.15) is 0 Å². The molecule has 0 aromatic rings. The van der Waals surface area contributed by atoms with E-state index in [0.717, 1.165) is 13.1 Å². The van der Waals surface area contributed by atoms with Crippen LogP contribution in [0.2, 0.25) is 0 Å². The first-order chi connectivity index (χ1) is 8.09. The van der Waals surface area contributed by atoms with Crippen molar-refractivity contribution in [3.05, 3.63) is 0 Å². The van der Waals surface area contributed by atoms with Crippen LogP contribution in [0.5, 0.6) is 0 Å². The highest BCUT2D eigenvalue weighted by Crippen LogP contribution is 2.23. The lowest BCUT2D eigenvalue weighted by molar-refractivity contribution is 0.0547. The maximum absolute atomic E-state index is 9.73. The predicted molar refractivity (Wildman–Crippen MR) is 79.6 cm³/mol. The van der Waals surface area contributed by atoms with Crippen LogP contribution < -0.4 is 5.73 Å². The summed E-state index contributed by atoms with van der Waals surface area (Å²) in [5, 5.41) is 9.73. The summed E-state index contributed by atoms with van der Waals surface area (Å²) in [4.78, 5) is 2.37. The van der Waals surface area contributed by atoms with Crippen molar-refractivity contribution in [2.24, 2.45) is 23.0 Å². The fraction of sp³-hybridized carbons (Fsp3) is 1.00. The van der Waals surface area contributed by atoms with Crippen molar-refractivity contribution >= 4 is 0 Å². The van der Waals surface area contributed by atoms with Crippen molar-refractivity contribution in [1.82, 2.24) is 4.90 Å². The Bertz CT molecular complexity index is 211. The van der Waals surface area contributed by atoms with Gasteiger partial charge in [-0.15, -0.1) is 0 Å². The van der Waals surface area contributed by atoms with Crippen LogP contribution in [-0.2, 0) is 0 Å². The van der Waals surface area contributed by atoms with E-state index in [1.54, 1.807) is 0 Å². The molecule has 3 nitrogen and oxygen atoms in total. The average Bonchev–Trinajstić information content (AvgIpc) is 2.14. The topological polar surface area (TPSA) is 49.5 Å². The van der Waals surface area contributed by atoms with Gasteiger partial charge in [-0.1, -0.05) is 48.5 Å². The number of nitrogens with two attached hydrogens (primary N) is 1. The minimum atomic E-state index is -0.0139. The number of rotatable bonds is 7. The van der Waals surface area contributed by atoms with Crippen LogP contribution in [0.1, 0.15) is 48.5 Å². The second-order valence-corrected chi connectivity index (χ2v) is 7.38. The molecule has 0 aliphatic carbocycles. The van der Waals surface area contributed by atoms with Crippen LogP contribution in [-0.4, -0.2) is 41.8 Å². The summed E-state index contributed by atoms with van der Waals surface area (Å²) < 4.78 is 0. The standard InChI is InChI=1S/C15H34N2O/c1-11(2)8-17(9-12(3)4)13(10-18)14(16)15(5,6)7/h11-14,18H,8-10,16H2,1-7H3. The number of aliphatic hydroxyl groups is 1. The molecule has 0 aliphatic rings. The van der Waals surface area contributed by atoms with E-state index in [1.807, 2.05) is 0 Å². The van der Waals surface area contributed by atoms with Gasteiger partial charge in [0.05, 0.1) is 6.61 Å². The van der Waals surface area contributed by atoms with Crippen molar-refractivity contribution < 1.29 is 5.11 Å². The quantitative estimate of drug-likeness (QED) is 0.737. The molecule has 0 spiro atoms. The molecular formula is C15H34N2O. The van der Waals surface area contributed by atoms with E-state index in [4.69, 9.17) is 5.73 Å². The summed E-state index contributed by atoms with van der Waals surface area (Å²) in [6.07, 6.45) is 0.